The zero-order chi connectivity index (χ0) is 46.0. The van der Waals surface area contributed by atoms with E-state index in [9.17, 15) is 44.7 Å². The van der Waals surface area contributed by atoms with Gasteiger partial charge in [0, 0.05) is 11.6 Å². The highest BCUT2D eigenvalue weighted by Crippen LogP contribution is 2.42. The minimum atomic E-state index is -4.91. The molecule has 326 valence electrons. The number of ether oxygens (including phenoxy) is 1. The highest BCUT2D eigenvalue weighted by Gasteiger charge is 2.24. The number of aromatic nitrogens is 2. The molecule has 0 aliphatic heterocycles. The molecule has 62 heavy (non-hydrogen) atoms. The number of aromatic hydroxyl groups is 1. The molecule has 0 aliphatic rings. The fourth-order valence-corrected chi connectivity index (χ4v) is 7.25. The van der Waals surface area contributed by atoms with Crippen molar-refractivity contribution in [2.24, 2.45) is 30.7 Å². The zero-order valence-corrected chi connectivity index (χ0v) is 36.1. The molecule has 0 atom stereocenters. The second kappa shape index (κ2) is 20.3. The maximum absolute atomic E-state index is 12.4. The van der Waals surface area contributed by atoms with Crippen LogP contribution < -0.4 is 4.74 Å². The first-order chi connectivity index (χ1) is 29.3. The van der Waals surface area contributed by atoms with Crippen LogP contribution in [-0.4, -0.2) is 65.8 Å². The number of nitriles is 1. The molecule has 20 nitrogen and oxygen atoms in total. The van der Waals surface area contributed by atoms with Gasteiger partial charge in [-0.25, -0.2) is 4.98 Å². The molecular weight excluding hydrogens is 867 g/mol. The average molecular weight is 908 g/mol. The summed E-state index contributed by atoms with van der Waals surface area (Å²) in [4.78, 5) is 3.40. The first-order valence-electron chi connectivity index (χ1n) is 18.4. The Hall–Kier alpha value is -6.55. The number of azo groups is 3. The van der Waals surface area contributed by atoms with Crippen molar-refractivity contribution in [3.8, 4) is 17.7 Å². The Balaban J connectivity index is 0.00000416. The van der Waals surface area contributed by atoms with Crippen LogP contribution in [0.5, 0.6) is 11.6 Å². The molecule has 0 bridgehead atoms. The molecule has 0 saturated carbocycles. The van der Waals surface area contributed by atoms with Crippen LogP contribution in [0.25, 0.3) is 17.8 Å². The Morgan fingerprint density at radius 1 is 0.823 bits per heavy atom. The molecule has 0 aliphatic carbocycles. The Morgan fingerprint density at radius 3 is 2.03 bits per heavy atom. The first-order valence-corrected chi connectivity index (χ1v) is 22.9. The van der Waals surface area contributed by atoms with Crippen molar-refractivity contribution in [2.45, 2.75) is 56.7 Å². The molecule has 2 heterocycles. The lowest BCUT2D eigenvalue weighted by atomic mass is 10.0. The van der Waals surface area contributed by atoms with E-state index >= 15 is 0 Å². The Kier molecular flexibility index (Phi) is 15.8. The second-order valence-corrected chi connectivity index (χ2v) is 17.0. The van der Waals surface area contributed by atoms with E-state index in [-0.39, 0.29) is 74.9 Å². The number of benzene rings is 3. The number of fused-ring (bicyclic) bond motifs is 1. The molecule has 0 saturated heterocycles. The third-order valence-electron chi connectivity index (χ3n) is 8.42. The Morgan fingerprint density at radius 2 is 1.45 bits per heavy atom. The van der Waals surface area contributed by atoms with E-state index in [1.807, 2.05) is 20.8 Å². The van der Waals surface area contributed by atoms with Crippen molar-refractivity contribution < 1.29 is 48.8 Å². The summed E-state index contributed by atoms with van der Waals surface area (Å²) in [5, 5.41) is 46.4. The molecular formula is C39H41N9O11S3. The smallest absolute Gasteiger partial charge is 0.296 e. The van der Waals surface area contributed by atoms with Crippen LogP contribution in [0, 0.1) is 18.3 Å². The molecule has 2 aromatic heterocycles. The molecule has 0 fully saturated rings. The van der Waals surface area contributed by atoms with Gasteiger partial charge in [-0.2, -0.15) is 45.9 Å². The monoisotopic (exact) mass is 907 g/mol. The maximum atomic E-state index is 12.4. The highest BCUT2D eigenvalue weighted by molar-refractivity contribution is 7.86. The summed E-state index contributed by atoms with van der Waals surface area (Å²) in [6, 6.07) is 13.1. The molecule has 0 spiro atoms. The maximum Gasteiger partial charge on any atom is 0.296 e. The van der Waals surface area contributed by atoms with Crippen molar-refractivity contribution >= 4 is 82.3 Å². The molecule has 4 N–H and O–H groups in total. The molecule has 5 rings (SSSR count). The molecule has 0 unspecified atom stereocenters. The summed E-state index contributed by atoms with van der Waals surface area (Å²) in [6.07, 6.45) is 3.61. The van der Waals surface area contributed by atoms with E-state index in [2.05, 4.69) is 54.9 Å². The fraction of sp³-hybridized carbons (Fsp3) is 0.231. The van der Waals surface area contributed by atoms with Crippen LogP contribution in [0.1, 0.15) is 61.7 Å². The van der Waals surface area contributed by atoms with Crippen molar-refractivity contribution in [3.05, 3.63) is 95.8 Å². The number of nitrogens with zero attached hydrogens (tertiary/aromatic N) is 9. The summed E-state index contributed by atoms with van der Waals surface area (Å²) < 4.78 is 106. The van der Waals surface area contributed by atoms with Gasteiger partial charge in [-0.15, -0.1) is 15.3 Å². The van der Waals surface area contributed by atoms with E-state index in [1.54, 1.807) is 6.92 Å². The third-order valence-corrected chi connectivity index (χ3v) is 11.0. The van der Waals surface area contributed by atoms with E-state index < -0.39 is 41.0 Å². The van der Waals surface area contributed by atoms with Crippen LogP contribution >= 0.6 is 0 Å². The summed E-state index contributed by atoms with van der Waals surface area (Å²) in [6.45, 7) is 14.8. The molecule has 5 aromatic rings. The van der Waals surface area contributed by atoms with Crippen LogP contribution in [0.4, 0.5) is 34.1 Å². The van der Waals surface area contributed by atoms with Crippen molar-refractivity contribution in [1.29, 1.82) is 5.26 Å². The van der Waals surface area contributed by atoms with Crippen LogP contribution in [0.2, 0.25) is 0 Å². The second-order valence-electron chi connectivity index (χ2n) is 12.6. The van der Waals surface area contributed by atoms with Gasteiger partial charge in [0.1, 0.15) is 33.7 Å². The summed E-state index contributed by atoms with van der Waals surface area (Å²) in [7, 11) is -13.7. The molecule has 0 amide bonds. The van der Waals surface area contributed by atoms with E-state index in [1.165, 1.54) is 53.0 Å². The van der Waals surface area contributed by atoms with Gasteiger partial charge in [-0.05, 0) is 86.0 Å². The first kappa shape index (κ1) is 48.1. The van der Waals surface area contributed by atoms with Crippen LogP contribution in [0.3, 0.4) is 0 Å². The van der Waals surface area contributed by atoms with Crippen molar-refractivity contribution in [3.63, 3.8) is 0 Å². The SMILES string of the molecule is C=Cc1nc2c(C#N)c(CCC)c(N=Nc3cc(C)c(N=Nc4ccc(N=Nc5ccc(S(=O)(=O)O)cc5)cc4S(=O)(=O)O)cc3OCCCS(=O)(=O)O)c(O)n2c1C=C.CC. The summed E-state index contributed by atoms with van der Waals surface area (Å²) in [5.74, 6) is -1.03. The van der Waals surface area contributed by atoms with Gasteiger partial charge in [0.2, 0.25) is 5.88 Å². The Bertz CT molecular complexity index is 2990. The fourth-order valence-electron chi connectivity index (χ4n) is 5.64. The lowest BCUT2D eigenvalue weighted by molar-refractivity contribution is 0.317. The van der Waals surface area contributed by atoms with E-state index in [0.29, 0.717) is 35.4 Å². The lowest BCUT2D eigenvalue weighted by Gasteiger charge is -2.13. The number of imidazole rings is 1. The Labute approximate surface area is 357 Å². The summed E-state index contributed by atoms with van der Waals surface area (Å²) in [5.41, 5.74) is 1.68. The van der Waals surface area contributed by atoms with Gasteiger partial charge < -0.3 is 9.84 Å². The van der Waals surface area contributed by atoms with Gasteiger partial charge in [-0.1, -0.05) is 40.3 Å². The largest absolute Gasteiger partial charge is 0.493 e. The van der Waals surface area contributed by atoms with Crippen molar-refractivity contribution in [1.82, 2.24) is 9.38 Å². The predicted octanol–water partition coefficient (Wildman–Crippen LogP) is 9.88. The highest BCUT2D eigenvalue weighted by atomic mass is 32.2. The van der Waals surface area contributed by atoms with Gasteiger partial charge in [-0.3, -0.25) is 18.1 Å². The quantitative estimate of drug-likeness (QED) is 0.0384. The normalized spacial score (nSPS) is 12.2. The number of aryl methyl sites for hydroxylation is 1. The van der Waals surface area contributed by atoms with Crippen molar-refractivity contribution in [2.75, 3.05) is 12.4 Å². The van der Waals surface area contributed by atoms with Gasteiger partial charge >= 0.3 is 0 Å². The number of hydrogen-bond donors (Lipinski definition) is 4. The summed E-state index contributed by atoms with van der Waals surface area (Å²) >= 11 is 0. The van der Waals surface area contributed by atoms with Gasteiger partial charge in [0.15, 0.2) is 11.3 Å². The third kappa shape index (κ3) is 11.6. The predicted molar refractivity (Wildman–Crippen MR) is 230 cm³/mol. The van der Waals surface area contributed by atoms with E-state index in [0.717, 1.165) is 18.2 Å². The van der Waals surface area contributed by atoms with Gasteiger partial charge in [0.25, 0.3) is 30.4 Å². The van der Waals surface area contributed by atoms with E-state index in [4.69, 9.17) is 9.29 Å². The number of hydrogen-bond acceptors (Lipinski definition) is 16. The van der Waals surface area contributed by atoms with Crippen LogP contribution in [0.15, 0.2) is 108 Å². The van der Waals surface area contributed by atoms with Gasteiger partial charge in [0.05, 0.1) is 45.7 Å². The molecule has 3 aromatic carbocycles. The molecule has 0 radical (unpaired) electrons. The zero-order valence-electron chi connectivity index (χ0n) is 33.7. The minimum absolute atomic E-state index is 0.0227. The topological polar surface area (TPSA) is 308 Å². The number of rotatable bonds is 17. The average Bonchev–Trinajstić information content (AvgIpc) is 3.61. The minimum Gasteiger partial charge on any atom is -0.493 e. The van der Waals surface area contributed by atoms with Crippen LogP contribution in [-0.2, 0) is 36.8 Å². The molecule has 23 heteroatoms. The number of pyridine rings is 1. The standard InChI is InChI=1S/C37H35N9O11S3.C2H6/c1-5-9-26-27(21-38)36-39-28(6-2)32(7-3)46(36)37(47)35(26)45-44-31-18-22(4)30(20-33(31)57-16-8-17-58(48,49)50)43-42-29-15-12-24(19-34(29)60(54,55)56)41-40-23-10-13-25(14-11-23)59(51,52)53;1-2/h6-7,10-15,18-20,47H,2-3,5,8-9,16-17H2,1,4H3,(H,48,49,50)(H,51,52,53)(H,54,55,56);1-2H3. The lowest BCUT2D eigenvalue weighted by Crippen LogP contribution is -2.08.